The molecule has 122 valence electrons. The molecule has 0 unspecified atom stereocenters. The van der Waals surface area contributed by atoms with E-state index in [1.54, 1.807) is 11.9 Å². The van der Waals surface area contributed by atoms with Crippen molar-refractivity contribution in [3.05, 3.63) is 53.9 Å². The number of benzene rings is 1. The highest BCUT2D eigenvalue weighted by Crippen LogP contribution is 2.23. The van der Waals surface area contributed by atoms with Crippen molar-refractivity contribution in [3.8, 4) is 0 Å². The molecule has 0 aliphatic rings. The SMILES string of the molecule is CCCCN(C)C(=O)c1cncc(Nc2c(F)cccc2F)c1. The second-order valence-electron chi connectivity index (χ2n) is 5.26. The van der Waals surface area contributed by atoms with Crippen molar-refractivity contribution in [3.63, 3.8) is 0 Å². The number of carbonyl (C=O) groups is 1. The molecule has 2 aromatic rings. The number of halogens is 2. The maximum atomic E-state index is 13.7. The smallest absolute Gasteiger partial charge is 0.255 e. The summed E-state index contributed by atoms with van der Waals surface area (Å²) >= 11 is 0. The summed E-state index contributed by atoms with van der Waals surface area (Å²) in [4.78, 5) is 17.9. The van der Waals surface area contributed by atoms with Gasteiger partial charge in [0.2, 0.25) is 0 Å². The first-order valence-corrected chi connectivity index (χ1v) is 7.44. The highest BCUT2D eigenvalue weighted by molar-refractivity contribution is 5.94. The van der Waals surface area contributed by atoms with Crippen LogP contribution in [0.4, 0.5) is 20.2 Å². The van der Waals surface area contributed by atoms with Crippen LogP contribution in [-0.4, -0.2) is 29.4 Å². The Morgan fingerprint density at radius 1 is 1.26 bits per heavy atom. The molecule has 0 fully saturated rings. The molecule has 1 N–H and O–H groups in total. The third kappa shape index (κ3) is 4.25. The van der Waals surface area contributed by atoms with E-state index in [0.29, 0.717) is 17.8 Å². The fourth-order valence-electron chi connectivity index (χ4n) is 2.10. The van der Waals surface area contributed by atoms with E-state index in [0.717, 1.165) is 25.0 Å². The molecule has 0 aliphatic carbocycles. The lowest BCUT2D eigenvalue weighted by molar-refractivity contribution is 0.0793. The summed E-state index contributed by atoms with van der Waals surface area (Å²) in [5, 5.41) is 2.63. The first-order chi connectivity index (χ1) is 11.0. The van der Waals surface area contributed by atoms with Crippen LogP contribution in [0, 0.1) is 11.6 Å². The maximum absolute atomic E-state index is 13.7. The zero-order valence-corrected chi connectivity index (χ0v) is 13.1. The average molecular weight is 319 g/mol. The first-order valence-electron chi connectivity index (χ1n) is 7.44. The Balaban J connectivity index is 2.18. The number of amides is 1. The minimum Gasteiger partial charge on any atom is -0.349 e. The van der Waals surface area contributed by atoms with E-state index < -0.39 is 11.6 Å². The molecule has 0 saturated carbocycles. The molecule has 1 aromatic heterocycles. The number of carbonyl (C=O) groups excluding carboxylic acids is 1. The second kappa shape index (κ2) is 7.67. The van der Waals surface area contributed by atoms with Gasteiger partial charge in [0.1, 0.15) is 17.3 Å². The maximum Gasteiger partial charge on any atom is 0.255 e. The van der Waals surface area contributed by atoms with Gasteiger partial charge in [-0.3, -0.25) is 9.78 Å². The van der Waals surface area contributed by atoms with Crippen molar-refractivity contribution in [2.45, 2.75) is 19.8 Å². The molecule has 1 amide bonds. The van der Waals surface area contributed by atoms with Gasteiger partial charge in [0.15, 0.2) is 0 Å². The zero-order chi connectivity index (χ0) is 16.8. The Labute approximate surface area is 134 Å². The summed E-state index contributed by atoms with van der Waals surface area (Å²) in [6.45, 7) is 2.70. The number of nitrogens with one attached hydrogen (secondary N) is 1. The van der Waals surface area contributed by atoms with Crippen LogP contribution in [0.1, 0.15) is 30.1 Å². The zero-order valence-electron chi connectivity index (χ0n) is 13.1. The lowest BCUT2D eigenvalue weighted by atomic mass is 10.2. The molecule has 4 nitrogen and oxygen atoms in total. The molecular formula is C17H19F2N3O. The molecule has 0 bridgehead atoms. The van der Waals surface area contributed by atoms with E-state index in [4.69, 9.17) is 0 Å². The Hall–Kier alpha value is -2.50. The molecule has 0 saturated heterocycles. The number of hydrogen-bond donors (Lipinski definition) is 1. The van der Waals surface area contributed by atoms with Gasteiger partial charge in [0.25, 0.3) is 5.91 Å². The van der Waals surface area contributed by atoms with Crippen LogP contribution >= 0.6 is 0 Å². The van der Waals surface area contributed by atoms with Gasteiger partial charge in [-0.05, 0) is 24.6 Å². The number of hydrogen-bond acceptors (Lipinski definition) is 3. The van der Waals surface area contributed by atoms with Gasteiger partial charge in [-0.2, -0.15) is 0 Å². The molecule has 0 spiro atoms. The van der Waals surface area contributed by atoms with Crippen LogP contribution in [0.2, 0.25) is 0 Å². The van der Waals surface area contributed by atoms with Crippen molar-refractivity contribution in [2.75, 3.05) is 18.9 Å². The molecule has 6 heteroatoms. The van der Waals surface area contributed by atoms with Crippen molar-refractivity contribution >= 4 is 17.3 Å². The monoisotopic (exact) mass is 319 g/mol. The van der Waals surface area contributed by atoms with Gasteiger partial charge in [0, 0.05) is 19.8 Å². The number of para-hydroxylation sites is 1. The van der Waals surface area contributed by atoms with E-state index in [9.17, 15) is 13.6 Å². The Morgan fingerprint density at radius 2 is 1.96 bits per heavy atom. The van der Waals surface area contributed by atoms with E-state index >= 15 is 0 Å². The number of pyridine rings is 1. The Kier molecular flexibility index (Phi) is 5.62. The summed E-state index contributed by atoms with van der Waals surface area (Å²) in [7, 11) is 1.72. The van der Waals surface area contributed by atoms with E-state index in [1.165, 1.54) is 24.5 Å². The van der Waals surface area contributed by atoms with Gasteiger partial charge in [-0.25, -0.2) is 8.78 Å². The summed E-state index contributed by atoms with van der Waals surface area (Å²) in [5.74, 6) is -1.59. The average Bonchev–Trinajstić information content (AvgIpc) is 2.55. The van der Waals surface area contributed by atoms with Crippen LogP contribution in [0.3, 0.4) is 0 Å². The summed E-state index contributed by atoms with van der Waals surface area (Å²) in [5.41, 5.74) is 0.451. The third-order valence-electron chi connectivity index (χ3n) is 3.41. The molecule has 1 aromatic carbocycles. The van der Waals surface area contributed by atoms with E-state index in [-0.39, 0.29) is 11.6 Å². The van der Waals surface area contributed by atoms with Crippen molar-refractivity contribution < 1.29 is 13.6 Å². The van der Waals surface area contributed by atoms with Crippen LogP contribution in [0.15, 0.2) is 36.7 Å². The topological polar surface area (TPSA) is 45.2 Å². The molecule has 0 atom stereocenters. The summed E-state index contributed by atoms with van der Waals surface area (Å²) < 4.78 is 27.3. The minimum atomic E-state index is -0.707. The Bertz CT molecular complexity index is 671. The van der Waals surface area contributed by atoms with Crippen molar-refractivity contribution in [1.29, 1.82) is 0 Å². The van der Waals surface area contributed by atoms with E-state index in [2.05, 4.69) is 10.3 Å². The quantitative estimate of drug-likeness (QED) is 0.876. The number of aromatic nitrogens is 1. The fourth-order valence-corrected chi connectivity index (χ4v) is 2.10. The molecule has 1 heterocycles. The number of nitrogens with zero attached hydrogens (tertiary/aromatic N) is 2. The molecule has 0 aliphatic heterocycles. The molecule has 0 radical (unpaired) electrons. The first kappa shape index (κ1) is 16.9. The third-order valence-corrected chi connectivity index (χ3v) is 3.41. The van der Waals surface area contributed by atoms with Crippen molar-refractivity contribution in [2.24, 2.45) is 0 Å². The Morgan fingerprint density at radius 3 is 2.61 bits per heavy atom. The molecule has 23 heavy (non-hydrogen) atoms. The normalized spacial score (nSPS) is 10.4. The van der Waals surface area contributed by atoms with Gasteiger partial charge in [-0.15, -0.1) is 0 Å². The lowest BCUT2D eigenvalue weighted by Crippen LogP contribution is -2.27. The van der Waals surface area contributed by atoms with Gasteiger partial charge < -0.3 is 10.2 Å². The summed E-state index contributed by atoms with van der Waals surface area (Å²) in [6.07, 6.45) is 4.75. The standard InChI is InChI=1S/C17H19F2N3O/c1-3-4-8-22(2)17(23)12-9-13(11-20-10-12)21-16-14(18)6-5-7-15(16)19/h5-7,9-11,21H,3-4,8H2,1-2H3. The number of anilines is 2. The lowest BCUT2D eigenvalue weighted by Gasteiger charge is -2.17. The van der Waals surface area contributed by atoms with Crippen LogP contribution in [-0.2, 0) is 0 Å². The van der Waals surface area contributed by atoms with Crippen molar-refractivity contribution in [1.82, 2.24) is 9.88 Å². The van der Waals surface area contributed by atoms with Gasteiger partial charge in [0.05, 0.1) is 17.4 Å². The second-order valence-corrected chi connectivity index (χ2v) is 5.26. The minimum absolute atomic E-state index is 0.177. The van der Waals surface area contributed by atoms with Crippen LogP contribution < -0.4 is 5.32 Å². The highest BCUT2D eigenvalue weighted by atomic mass is 19.1. The molecule has 2 rings (SSSR count). The summed E-state index contributed by atoms with van der Waals surface area (Å²) in [6, 6.07) is 5.14. The number of rotatable bonds is 6. The predicted molar refractivity (Wildman–Crippen MR) is 85.7 cm³/mol. The van der Waals surface area contributed by atoms with E-state index in [1.807, 2.05) is 6.92 Å². The van der Waals surface area contributed by atoms with Gasteiger partial charge in [-0.1, -0.05) is 19.4 Å². The highest BCUT2D eigenvalue weighted by Gasteiger charge is 2.14. The largest absolute Gasteiger partial charge is 0.349 e. The van der Waals surface area contributed by atoms with Gasteiger partial charge >= 0.3 is 0 Å². The van der Waals surface area contributed by atoms with Crippen LogP contribution in [0.5, 0.6) is 0 Å². The van der Waals surface area contributed by atoms with Crippen LogP contribution in [0.25, 0.3) is 0 Å². The molecular weight excluding hydrogens is 300 g/mol. The predicted octanol–water partition coefficient (Wildman–Crippen LogP) is 3.98. The number of unbranched alkanes of at least 4 members (excludes halogenated alkanes) is 1. The fraction of sp³-hybridized carbons (Fsp3) is 0.294.